The molecule has 6 heteroatoms. The zero-order valence-electron chi connectivity index (χ0n) is 11.3. The molecule has 0 fully saturated rings. The van der Waals surface area contributed by atoms with Crippen LogP contribution in [0.4, 0.5) is 5.69 Å². The molecule has 0 heterocycles. The van der Waals surface area contributed by atoms with Crippen LogP contribution >= 0.6 is 11.6 Å². The molecule has 5 nitrogen and oxygen atoms in total. The van der Waals surface area contributed by atoms with Crippen molar-refractivity contribution in [3.8, 4) is 5.75 Å². The lowest BCUT2D eigenvalue weighted by molar-refractivity contribution is -0.139. The van der Waals surface area contributed by atoms with Gasteiger partial charge in [0.2, 0.25) is 5.91 Å². The number of halogens is 1. The highest BCUT2D eigenvalue weighted by atomic mass is 35.5. The Balaban J connectivity index is 1.97. The molecular weight excluding hydrogens is 294 g/mol. The predicted octanol–water partition coefficient (Wildman–Crippen LogP) is 3.10. The number of benzene rings is 1. The lowest BCUT2D eigenvalue weighted by Gasteiger charge is -2.17. The molecule has 1 aliphatic rings. The van der Waals surface area contributed by atoms with Gasteiger partial charge in [0.25, 0.3) is 0 Å². The molecule has 0 spiro atoms. The van der Waals surface area contributed by atoms with Gasteiger partial charge in [-0.15, -0.1) is 0 Å². The average Bonchev–Trinajstić information content (AvgIpc) is 2.47. The second-order valence-corrected chi connectivity index (χ2v) is 5.21. The summed E-state index contributed by atoms with van der Waals surface area (Å²) in [4.78, 5) is 22.5. The van der Waals surface area contributed by atoms with Gasteiger partial charge in [0.05, 0.1) is 5.02 Å². The zero-order valence-corrected chi connectivity index (χ0v) is 12.1. The van der Waals surface area contributed by atoms with Gasteiger partial charge in [0, 0.05) is 11.6 Å². The van der Waals surface area contributed by atoms with E-state index in [1.165, 1.54) is 0 Å². The number of amides is 1. The number of carboxylic acid groups (broad SMARTS) is 1. The molecule has 2 rings (SSSR count). The summed E-state index contributed by atoms with van der Waals surface area (Å²) >= 11 is 6.00. The average molecular weight is 310 g/mol. The van der Waals surface area contributed by atoms with Crippen molar-refractivity contribution in [2.45, 2.75) is 19.3 Å². The molecule has 21 heavy (non-hydrogen) atoms. The van der Waals surface area contributed by atoms with E-state index in [-0.39, 0.29) is 22.6 Å². The van der Waals surface area contributed by atoms with Crippen molar-refractivity contribution < 1.29 is 19.4 Å². The van der Waals surface area contributed by atoms with Crippen molar-refractivity contribution in [2.75, 3.05) is 11.9 Å². The second-order valence-electron chi connectivity index (χ2n) is 4.80. The van der Waals surface area contributed by atoms with E-state index in [0.717, 1.165) is 19.3 Å². The second kappa shape index (κ2) is 7.13. The lowest BCUT2D eigenvalue weighted by atomic mass is 9.93. The van der Waals surface area contributed by atoms with Gasteiger partial charge in [0.15, 0.2) is 6.61 Å². The SMILES string of the molecule is O=C(O)COc1ccc(NC(=O)C2CC=CCC2)cc1Cl. The molecule has 1 aliphatic carbocycles. The van der Waals surface area contributed by atoms with Gasteiger partial charge in [-0.05, 0) is 37.5 Å². The number of allylic oxidation sites excluding steroid dienone is 2. The van der Waals surface area contributed by atoms with Gasteiger partial charge >= 0.3 is 5.97 Å². The Morgan fingerprint density at radius 1 is 1.38 bits per heavy atom. The largest absolute Gasteiger partial charge is 0.480 e. The third kappa shape index (κ3) is 4.49. The highest BCUT2D eigenvalue weighted by molar-refractivity contribution is 6.32. The summed E-state index contributed by atoms with van der Waals surface area (Å²) in [6.07, 6.45) is 6.61. The fraction of sp³-hybridized carbons (Fsp3) is 0.333. The van der Waals surface area contributed by atoms with Crippen LogP contribution in [0, 0.1) is 5.92 Å². The predicted molar refractivity (Wildman–Crippen MR) is 79.7 cm³/mol. The first-order valence-electron chi connectivity index (χ1n) is 6.66. The maximum atomic E-state index is 12.1. The first-order chi connectivity index (χ1) is 10.1. The number of carbonyl (C=O) groups excluding carboxylic acids is 1. The third-order valence-electron chi connectivity index (χ3n) is 3.19. The summed E-state index contributed by atoms with van der Waals surface area (Å²) in [6, 6.07) is 4.73. The number of aliphatic carboxylic acids is 1. The van der Waals surface area contributed by atoms with E-state index in [1.807, 2.05) is 6.08 Å². The monoisotopic (exact) mass is 309 g/mol. The fourth-order valence-electron chi connectivity index (χ4n) is 2.11. The molecule has 1 aromatic carbocycles. The maximum Gasteiger partial charge on any atom is 0.341 e. The molecule has 112 valence electrons. The number of hydrogen-bond donors (Lipinski definition) is 2. The Morgan fingerprint density at radius 3 is 2.81 bits per heavy atom. The molecule has 0 aromatic heterocycles. The Morgan fingerprint density at radius 2 is 2.19 bits per heavy atom. The van der Waals surface area contributed by atoms with Gasteiger partial charge in [-0.2, -0.15) is 0 Å². The van der Waals surface area contributed by atoms with Crippen molar-refractivity contribution in [1.29, 1.82) is 0 Å². The van der Waals surface area contributed by atoms with Crippen LogP contribution in [0.5, 0.6) is 5.75 Å². The van der Waals surface area contributed by atoms with Crippen molar-refractivity contribution in [1.82, 2.24) is 0 Å². The highest BCUT2D eigenvalue weighted by Crippen LogP contribution is 2.28. The summed E-state index contributed by atoms with van der Waals surface area (Å²) in [5.74, 6) is -0.849. The lowest BCUT2D eigenvalue weighted by Crippen LogP contribution is -2.23. The Bertz CT molecular complexity index is 571. The Hall–Kier alpha value is -2.01. The fourth-order valence-corrected chi connectivity index (χ4v) is 2.35. The molecule has 2 N–H and O–H groups in total. The van der Waals surface area contributed by atoms with Crippen LogP contribution < -0.4 is 10.1 Å². The molecule has 1 aromatic rings. The van der Waals surface area contributed by atoms with E-state index >= 15 is 0 Å². The number of rotatable bonds is 5. The number of anilines is 1. The molecular formula is C15H16ClNO4. The van der Waals surface area contributed by atoms with E-state index in [1.54, 1.807) is 18.2 Å². The molecule has 0 saturated heterocycles. The smallest absolute Gasteiger partial charge is 0.341 e. The zero-order chi connectivity index (χ0) is 15.2. The van der Waals surface area contributed by atoms with E-state index in [4.69, 9.17) is 21.4 Å². The third-order valence-corrected chi connectivity index (χ3v) is 3.49. The first kappa shape index (κ1) is 15.4. The van der Waals surface area contributed by atoms with Crippen molar-refractivity contribution in [2.24, 2.45) is 5.92 Å². The molecule has 1 unspecified atom stereocenters. The molecule has 0 radical (unpaired) electrons. The summed E-state index contributed by atoms with van der Waals surface area (Å²) in [6.45, 7) is -0.458. The van der Waals surface area contributed by atoms with Crippen molar-refractivity contribution in [3.05, 3.63) is 35.4 Å². The van der Waals surface area contributed by atoms with Crippen LogP contribution in [0.15, 0.2) is 30.4 Å². The molecule has 0 bridgehead atoms. The van der Waals surface area contributed by atoms with Crippen LogP contribution in [0.1, 0.15) is 19.3 Å². The van der Waals surface area contributed by atoms with E-state index in [9.17, 15) is 9.59 Å². The molecule has 1 amide bonds. The maximum absolute atomic E-state index is 12.1. The minimum absolute atomic E-state index is 0.0169. The number of carboxylic acids is 1. The van der Waals surface area contributed by atoms with Gasteiger partial charge in [-0.25, -0.2) is 4.79 Å². The highest BCUT2D eigenvalue weighted by Gasteiger charge is 2.19. The van der Waals surface area contributed by atoms with Crippen LogP contribution in [-0.4, -0.2) is 23.6 Å². The van der Waals surface area contributed by atoms with Crippen LogP contribution in [0.25, 0.3) is 0 Å². The normalized spacial score (nSPS) is 17.3. The topological polar surface area (TPSA) is 75.6 Å². The van der Waals surface area contributed by atoms with E-state index < -0.39 is 12.6 Å². The number of nitrogens with one attached hydrogen (secondary N) is 1. The van der Waals surface area contributed by atoms with Gasteiger partial charge in [-0.1, -0.05) is 23.8 Å². The van der Waals surface area contributed by atoms with Crippen LogP contribution in [-0.2, 0) is 9.59 Å². The van der Waals surface area contributed by atoms with Gasteiger partial charge < -0.3 is 15.2 Å². The number of ether oxygens (including phenoxy) is 1. The van der Waals surface area contributed by atoms with Gasteiger partial charge in [0.1, 0.15) is 5.75 Å². The van der Waals surface area contributed by atoms with Crippen LogP contribution in [0.3, 0.4) is 0 Å². The summed E-state index contributed by atoms with van der Waals surface area (Å²) in [7, 11) is 0. The van der Waals surface area contributed by atoms with Gasteiger partial charge in [-0.3, -0.25) is 4.79 Å². The molecule has 0 saturated carbocycles. The minimum atomic E-state index is -1.08. The Kier molecular flexibility index (Phi) is 5.22. The minimum Gasteiger partial charge on any atom is -0.480 e. The number of hydrogen-bond acceptors (Lipinski definition) is 3. The standard InChI is InChI=1S/C15H16ClNO4/c16-12-8-11(6-7-13(12)21-9-14(18)19)17-15(20)10-4-2-1-3-5-10/h1-2,6-8,10H,3-5,9H2,(H,17,20)(H,18,19). The molecule has 1 atom stereocenters. The quantitative estimate of drug-likeness (QED) is 0.819. The van der Waals surface area contributed by atoms with E-state index in [0.29, 0.717) is 5.69 Å². The summed E-state index contributed by atoms with van der Waals surface area (Å²) in [5, 5.41) is 11.6. The Labute approximate surface area is 127 Å². The summed E-state index contributed by atoms with van der Waals surface area (Å²) in [5.41, 5.74) is 0.572. The van der Waals surface area contributed by atoms with E-state index in [2.05, 4.69) is 11.4 Å². The van der Waals surface area contributed by atoms with Crippen molar-refractivity contribution >= 4 is 29.2 Å². The number of carbonyl (C=O) groups is 2. The summed E-state index contributed by atoms with van der Waals surface area (Å²) < 4.78 is 5.02. The molecule has 0 aliphatic heterocycles. The van der Waals surface area contributed by atoms with Crippen LogP contribution in [0.2, 0.25) is 5.02 Å². The van der Waals surface area contributed by atoms with Crippen molar-refractivity contribution in [3.63, 3.8) is 0 Å². The first-order valence-corrected chi connectivity index (χ1v) is 7.04.